The van der Waals surface area contributed by atoms with Crippen molar-refractivity contribution in [1.29, 1.82) is 0 Å². The van der Waals surface area contributed by atoms with Crippen molar-refractivity contribution in [2.45, 2.75) is 19.9 Å². The summed E-state index contributed by atoms with van der Waals surface area (Å²) < 4.78 is 12.8. The Morgan fingerprint density at radius 2 is 1.95 bits per heavy atom. The van der Waals surface area contributed by atoms with Crippen LogP contribution in [0, 0.1) is 11.7 Å². The molecule has 2 nitrogen and oxygen atoms in total. The SMILES string of the molecule is CC(C)[C@@H](NC(=O)/C=C/c1ccc(F)cc1)c1cccs1. The molecule has 1 aromatic heterocycles. The molecule has 1 N–H and O–H groups in total. The second kappa shape index (κ2) is 7.18. The number of hydrogen-bond acceptors (Lipinski definition) is 2. The van der Waals surface area contributed by atoms with Gasteiger partial charge in [0.1, 0.15) is 5.82 Å². The molecule has 1 aromatic carbocycles. The van der Waals surface area contributed by atoms with Crippen LogP contribution < -0.4 is 5.32 Å². The van der Waals surface area contributed by atoms with Gasteiger partial charge in [0.25, 0.3) is 0 Å². The summed E-state index contributed by atoms with van der Waals surface area (Å²) in [5.41, 5.74) is 0.795. The first-order chi connectivity index (χ1) is 10.1. The van der Waals surface area contributed by atoms with Crippen molar-refractivity contribution in [1.82, 2.24) is 5.32 Å². The highest BCUT2D eigenvalue weighted by molar-refractivity contribution is 7.10. The molecule has 1 amide bonds. The minimum absolute atomic E-state index is 0.00960. The van der Waals surface area contributed by atoms with Crippen molar-refractivity contribution in [2.24, 2.45) is 5.92 Å². The van der Waals surface area contributed by atoms with E-state index in [0.29, 0.717) is 5.92 Å². The van der Waals surface area contributed by atoms with E-state index >= 15 is 0 Å². The molecular weight excluding hydrogens is 285 g/mol. The molecule has 2 aromatic rings. The third-order valence-electron chi connectivity index (χ3n) is 3.11. The first-order valence-electron chi connectivity index (χ1n) is 6.84. The van der Waals surface area contributed by atoms with E-state index in [0.717, 1.165) is 10.4 Å². The summed E-state index contributed by atoms with van der Waals surface area (Å²) in [4.78, 5) is 13.2. The quantitative estimate of drug-likeness (QED) is 0.814. The second-order valence-corrected chi connectivity index (χ2v) is 6.11. The first kappa shape index (κ1) is 15.4. The number of halogens is 1. The van der Waals surface area contributed by atoms with E-state index < -0.39 is 0 Å². The third kappa shape index (κ3) is 4.53. The summed E-state index contributed by atoms with van der Waals surface area (Å²) >= 11 is 1.64. The molecule has 1 atom stereocenters. The predicted molar refractivity (Wildman–Crippen MR) is 85.5 cm³/mol. The number of benzene rings is 1. The van der Waals surface area contributed by atoms with E-state index in [-0.39, 0.29) is 17.8 Å². The molecule has 0 fully saturated rings. The summed E-state index contributed by atoms with van der Waals surface area (Å²) in [7, 11) is 0. The molecule has 0 radical (unpaired) electrons. The molecule has 0 aliphatic heterocycles. The number of rotatable bonds is 5. The van der Waals surface area contributed by atoms with Crippen LogP contribution >= 0.6 is 11.3 Å². The lowest BCUT2D eigenvalue weighted by molar-refractivity contribution is -0.117. The Morgan fingerprint density at radius 3 is 2.52 bits per heavy atom. The number of nitrogens with one attached hydrogen (secondary N) is 1. The molecule has 110 valence electrons. The Bertz CT molecular complexity index is 602. The fourth-order valence-corrected chi connectivity index (χ4v) is 2.93. The average Bonchev–Trinajstić information content (AvgIpc) is 2.97. The molecule has 0 bridgehead atoms. The normalized spacial score (nSPS) is 12.8. The van der Waals surface area contributed by atoms with Crippen LogP contribution in [0.3, 0.4) is 0 Å². The van der Waals surface area contributed by atoms with Crippen LogP contribution in [0.2, 0.25) is 0 Å². The summed E-state index contributed by atoms with van der Waals surface area (Å²) in [6.07, 6.45) is 3.16. The van der Waals surface area contributed by atoms with Gasteiger partial charge < -0.3 is 5.32 Å². The van der Waals surface area contributed by atoms with Crippen LogP contribution in [0.25, 0.3) is 6.08 Å². The Labute approximate surface area is 128 Å². The standard InChI is InChI=1S/C17H18FNOS/c1-12(2)17(15-4-3-11-21-15)19-16(20)10-7-13-5-8-14(18)9-6-13/h3-12,17H,1-2H3,(H,19,20)/b10-7+/t17-/m1/s1. The van der Waals surface area contributed by atoms with E-state index in [2.05, 4.69) is 19.2 Å². The first-order valence-corrected chi connectivity index (χ1v) is 7.72. The van der Waals surface area contributed by atoms with E-state index in [4.69, 9.17) is 0 Å². The molecular formula is C17H18FNOS. The van der Waals surface area contributed by atoms with Gasteiger partial charge in [-0.05, 0) is 41.1 Å². The van der Waals surface area contributed by atoms with Crippen molar-refractivity contribution in [3.8, 4) is 0 Å². The zero-order valence-corrected chi connectivity index (χ0v) is 12.9. The van der Waals surface area contributed by atoms with E-state index in [1.54, 1.807) is 29.5 Å². The summed E-state index contributed by atoms with van der Waals surface area (Å²) in [6.45, 7) is 4.16. The number of carbonyl (C=O) groups is 1. The highest BCUT2D eigenvalue weighted by Crippen LogP contribution is 2.25. The molecule has 0 spiro atoms. The largest absolute Gasteiger partial charge is 0.345 e. The van der Waals surface area contributed by atoms with Gasteiger partial charge in [-0.1, -0.05) is 32.0 Å². The maximum Gasteiger partial charge on any atom is 0.244 e. The monoisotopic (exact) mass is 303 g/mol. The molecule has 4 heteroatoms. The number of carbonyl (C=O) groups excluding carboxylic acids is 1. The fourth-order valence-electron chi connectivity index (χ4n) is 1.98. The molecule has 0 aliphatic rings. The maximum atomic E-state index is 12.8. The van der Waals surface area contributed by atoms with Gasteiger partial charge >= 0.3 is 0 Å². The van der Waals surface area contributed by atoms with E-state index in [9.17, 15) is 9.18 Å². The van der Waals surface area contributed by atoms with Gasteiger partial charge in [0.15, 0.2) is 0 Å². The molecule has 0 unspecified atom stereocenters. The maximum absolute atomic E-state index is 12.8. The van der Waals surface area contributed by atoms with Crippen molar-refractivity contribution >= 4 is 23.3 Å². The van der Waals surface area contributed by atoms with Gasteiger partial charge in [-0.25, -0.2) is 4.39 Å². The highest BCUT2D eigenvalue weighted by atomic mass is 32.1. The Morgan fingerprint density at radius 1 is 1.24 bits per heavy atom. The number of thiophene rings is 1. The lowest BCUT2D eigenvalue weighted by Crippen LogP contribution is -2.29. The Kier molecular flexibility index (Phi) is 5.28. The number of hydrogen-bond donors (Lipinski definition) is 1. The van der Waals surface area contributed by atoms with Crippen LogP contribution in [0.4, 0.5) is 4.39 Å². The van der Waals surface area contributed by atoms with Gasteiger partial charge in [0, 0.05) is 11.0 Å². The Balaban J connectivity index is 2.01. The predicted octanol–water partition coefficient (Wildman–Crippen LogP) is 4.41. The van der Waals surface area contributed by atoms with Crippen molar-refractivity contribution in [3.05, 3.63) is 64.1 Å². The lowest BCUT2D eigenvalue weighted by Gasteiger charge is -2.20. The third-order valence-corrected chi connectivity index (χ3v) is 4.07. The van der Waals surface area contributed by atoms with Crippen LogP contribution in [-0.4, -0.2) is 5.91 Å². The van der Waals surface area contributed by atoms with Gasteiger partial charge in [0.2, 0.25) is 5.91 Å². The topological polar surface area (TPSA) is 29.1 Å². The molecule has 0 aliphatic carbocycles. The smallest absolute Gasteiger partial charge is 0.244 e. The lowest BCUT2D eigenvalue weighted by atomic mass is 10.0. The molecule has 0 saturated carbocycles. The highest BCUT2D eigenvalue weighted by Gasteiger charge is 2.17. The van der Waals surface area contributed by atoms with Crippen molar-refractivity contribution in [3.63, 3.8) is 0 Å². The number of amides is 1. The Hall–Kier alpha value is -1.94. The molecule has 2 rings (SSSR count). The van der Waals surface area contributed by atoms with E-state index in [1.165, 1.54) is 18.2 Å². The zero-order chi connectivity index (χ0) is 15.2. The molecule has 0 saturated heterocycles. The second-order valence-electron chi connectivity index (χ2n) is 5.13. The van der Waals surface area contributed by atoms with Crippen molar-refractivity contribution < 1.29 is 9.18 Å². The van der Waals surface area contributed by atoms with Crippen LogP contribution in [0.5, 0.6) is 0 Å². The van der Waals surface area contributed by atoms with Gasteiger partial charge in [0.05, 0.1) is 6.04 Å². The average molecular weight is 303 g/mol. The fraction of sp³-hybridized carbons (Fsp3) is 0.235. The minimum Gasteiger partial charge on any atom is -0.345 e. The van der Waals surface area contributed by atoms with Crippen LogP contribution in [0.1, 0.15) is 30.3 Å². The van der Waals surface area contributed by atoms with Gasteiger partial charge in [-0.2, -0.15) is 0 Å². The summed E-state index contributed by atoms with van der Waals surface area (Å²) in [5, 5.41) is 5.02. The summed E-state index contributed by atoms with van der Waals surface area (Å²) in [6, 6.07) is 10.0. The van der Waals surface area contributed by atoms with Crippen LogP contribution in [-0.2, 0) is 4.79 Å². The van der Waals surface area contributed by atoms with Gasteiger partial charge in [-0.3, -0.25) is 4.79 Å². The summed E-state index contributed by atoms with van der Waals surface area (Å²) in [5.74, 6) is -0.118. The minimum atomic E-state index is -0.283. The molecule has 1 heterocycles. The van der Waals surface area contributed by atoms with Crippen LogP contribution in [0.15, 0.2) is 47.9 Å². The molecule has 21 heavy (non-hydrogen) atoms. The zero-order valence-electron chi connectivity index (χ0n) is 12.0. The van der Waals surface area contributed by atoms with E-state index in [1.807, 2.05) is 17.5 Å². The van der Waals surface area contributed by atoms with Crippen molar-refractivity contribution in [2.75, 3.05) is 0 Å². The van der Waals surface area contributed by atoms with Gasteiger partial charge in [-0.15, -0.1) is 11.3 Å².